The highest BCUT2D eigenvalue weighted by Crippen LogP contribution is 2.07. The van der Waals surface area contributed by atoms with Gasteiger partial charge in [-0.25, -0.2) is 4.79 Å². The molecule has 1 unspecified atom stereocenters. The van der Waals surface area contributed by atoms with Crippen LogP contribution in [-0.4, -0.2) is 41.8 Å². The Bertz CT molecular complexity index is 382. The molecule has 0 aromatic carbocycles. The summed E-state index contributed by atoms with van der Waals surface area (Å²) in [5.74, 6) is -2.00. The van der Waals surface area contributed by atoms with Crippen molar-refractivity contribution in [2.75, 3.05) is 6.61 Å². The SMILES string of the molecule is C=CC(=O)OC(C)CCCCCOC(=O)[C@@H](N)CCC(=O)O. The molecule has 7 heteroatoms. The molecular formula is C15H25NO6. The summed E-state index contributed by atoms with van der Waals surface area (Å²) in [6.07, 6.45) is 3.95. The van der Waals surface area contributed by atoms with Crippen LogP contribution in [0.1, 0.15) is 45.4 Å². The first-order chi connectivity index (χ1) is 10.4. The van der Waals surface area contributed by atoms with E-state index >= 15 is 0 Å². The van der Waals surface area contributed by atoms with Crippen LogP contribution in [0.4, 0.5) is 0 Å². The van der Waals surface area contributed by atoms with Crippen LogP contribution in [0.15, 0.2) is 12.7 Å². The smallest absolute Gasteiger partial charge is 0.330 e. The molecule has 126 valence electrons. The number of nitrogens with two attached hydrogens (primary N) is 1. The summed E-state index contributed by atoms with van der Waals surface area (Å²) in [6.45, 7) is 5.38. The standard InChI is InChI=1S/C15H25NO6/c1-3-14(19)22-11(2)7-5-4-6-10-21-15(20)12(16)8-9-13(17)18/h3,11-12H,1,4-10,16H2,2H3,(H,17,18)/t11?,12-/m0/s1. The maximum absolute atomic E-state index is 11.4. The molecule has 0 heterocycles. The molecule has 0 aliphatic rings. The molecule has 0 rings (SSSR count). The largest absolute Gasteiger partial charge is 0.481 e. The number of carbonyl (C=O) groups excluding carboxylic acids is 2. The molecule has 2 atom stereocenters. The van der Waals surface area contributed by atoms with Crippen molar-refractivity contribution in [3.8, 4) is 0 Å². The summed E-state index contributed by atoms with van der Waals surface area (Å²) >= 11 is 0. The predicted octanol–water partition coefficient (Wildman–Crippen LogP) is 1.40. The molecule has 3 N–H and O–H groups in total. The van der Waals surface area contributed by atoms with Gasteiger partial charge in [-0.15, -0.1) is 0 Å². The van der Waals surface area contributed by atoms with E-state index in [9.17, 15) is 14.4 Å². The van der Waals surface area contributed by atoms with Gasteiger partial charge in [0.15, 0.2) is 0 Å². The van der Waals surface area contributed by atoms with Crippen molar-refractivity contribution < 1.29 is 29.0 Å². The number of hydrogen-bond acceptors (Lipinski definition) is 6. The molecule has 0 aromatic rings. The fourth-order valence-corrected chi connectivity index (χ4v) is 1.69. The third-order valence-corrected chi connectivity index (χ3v) is 2.96. The Morgan fingerprint density at radius 1 is 1.23 bits per heavy atom. The van der Waals surface area contributed by atoms with Crippen LogP contribution in [-0.2, 0) is 23.9 Å². The Morgan fingerprint density at radius 2 is 1.91 bits per heavy atom. The van der Waals surface area contributed by atoms with Crippen LogP contribution in [0, 0.1) is 0 Å². The van der Waals surface area contributed by atoms with Crippen molar-refractivity contribution in [2.45, 2.75) is 57.6 Å². The molecule has 0 amide bonds. The summed E-state index contributed by atoms with van der Waals surface area (Å²) in [7, 11) is 0. The van der Waals surface area contributed by atoms with Gasteiger partial charge in [0.05, 0.1) is 12.7 Å². The lowest BCUT2D eigenvalue weighted by molar-refractivity contribution is -0.146. The second kappa shape index (κ2) is 11.7. The molecule has 7 nitrogen and oxygen atoms in total. The van der Waals surface area contributed by atoms with Gasteiger partial charge in [-0.3, -0.25) is 9.59 Å². The molecule has 0 aliphatic heterocycles. The minimum absolute atomic E-state index is 0.0698. The average Bonchev–Trinajstić information content (AvgIpc) is 2.47. The summed E-state index contributed by atoms with van der Waals surface area (Å²) in [5.41, 5.74) is 5.51. The van der Waals surface area contributed by atoms with Crippen LogP contribution in [0.5, 0.6) is 0 Å². The van der Waals surface area contributed by atoms with E-state index in [0.717, 1.165) is 25.3 Å². The number of carboxylic acid groups (broad SMARTS) is 1. The fourth-order valence-electron chi connectivity index (χ4n) is 1.69. The lowest BCUT2D eigenvalue weighted by Crippen LogP contribution is -2.33. The molecule has 0 radical (unpaired) electrons. The lowest BCUT2D eigenvalue weighted by atomic mass is 10.1. The number of unbranched alkanes of at least 4 members (excludes halogenated alkanes) is 2. The first-order valence-corrected chi connectivity index (χ1v) is 7.33. The number of carbonyl (C=O) groups is 3. The number of ether oxygens (including phenoxy) is 2. The van der Waals surface area contributed by atoms with Gasteiger partial charge in [0.2, 0.25) is 0 Å². The topological polar surface area (TPSA) is 116 Å². The highest BCUT2D eigenvalue weighted by Gasteiger charge is 2.16. The van der Waals surface area contributed by atoms with Crippen LogP contribution in [0.3, 0.4) is 0 Å². The monoisotopic (exact) mass is 315 g/mol. The minimum atomic E-state index is -0.991. The van der Waals surface area contributed by atoms with Gasteiger partial charge in [-0.1, -0.05) is 6.58 Å². The number of aliphatic carboxylic acids is 1. The van der Waals surface area contributed by atoms with Crippen molar-refractivity contribution in [3.05, 3.63) is 12.7 Å². The van der Waals surface area contributed by atoms with E-state index in [0.29, 0.717) is 6.42 Å². The number of esters is 2. The first kappa shape index (κ1) is 20.1. The second-order valence-corrected chi connectivity index (χ2v) is 5.01. The van der Waals surface area contributed by atoms with Gasteiger partial charge < -0.3 is 20.3 Å². The highest BCUT2D eigenvalue weighted by atomic mass is 16.5. The van der Waals surface area contributed by atoms with Crippen LogP contribution in [0.2, 0.25) is 0 Å². The van der Waals surface area contributed by atoms with E-state index in [1.165, 1.54) is 0 Å². The molecular weight excluding hydrogens is 290 g/mol. The molecule has 0 bridgehead atoms. The quantitative estimate of drug-likeness (QED) is 0.317. The van der Waals surface area contributed by atoms with Crippen LogP contribution >= 0.6 is 0 Å². The normalized spacial score (nSPS) is 13.0. The van der Waals surface area contributed by atoms with Crippen molar-refractivity contribution in [1.82, 2.24) is 0 Å². The summed E-state index contributed by atoms with van der Waals surface area (Å²) < 4.78 is 9.98. The second-order valence-electron chi connectivity index (χ2n) is 5.01. The molecule has 0 aliphatic carbocycles. The van der Waals surface area contributed by atoms with E-state index in [4.69, 9.17) is 20.3 Å². The zero-order valence-electron chi connectivity index (χ0n) is 13.0. The Labute approximate surface area is 130 Å². The van der Waals surface area contributed by atoms with Crippen molar-refractivity contribution in [3.63, 3.8) is 0 Å². The minimum Gasteiger partial charge on any atom is -0.481 e. The zero-order valence-corrected chi connectivity index (χ0v) is 13.0. The van der Waals surface area contributed by atoms with Crippen molar-refractivity contribution in [1.29, 1.82) is 0 Å². The maximum atomic E-state index is 11.4. The molecule has 0 saturated carbocycles. The van der Waals surface area contributed by atoms with E-state index in [1.54, 1.807) is 0 Å². The Balaban J connectivity index is 3.60. The summed E-state index contributed by atoms with van der Waals surface area (Å²) in [5, 5.41) is 8.49. The van der Waals surface area contributed by atoms with E-state index in [2.05, 4.69) is 6.58 Å². The predicted molar refractivity (Wildman–Crippen MR) is 80.0 cm³/mol. The summed E-state index contributed by atoms with van der Waals surface area (Å²) in [6, 6.07) is -0.894. The van der Waals surface area contributed by atoms with E-state index in [-0.39, 0.29) is 25.6 Å². The lowest BCUT2D eigenvalue weighted by Gasteiger charge is -2.12. The van der Waals surface area contributed by atoms with E-state index in [1.807, 2.05) is 6.92 Å². The molecule has 22 heavy (non-hydrogen) atoms. The molecule has 0 spiro atoms. The van der Waals surface area contributed by atoms with Gasteiger partial charge in [-0.2, -0.15) is 0 Å². The molecule has 0 aromatic heterocycles. The fraction of sp³-hybridized carbons (Fsp3) is 0.667. The van der Waals surface area contributed by atoms with E-state index < -0.39 is 23.9 Å². The van der Waals surface area contributed by atoms with Gasteiger partial charge in [0.25, 0.3) is 0 Å². The van der Waals surface area contributed by atoms with Crippen LogP contribution in [0.25, 0.3) is 0 Å². The van der Waals surface area contributed by atoms with Gasteiger partial charge in [-0.05, 0) is 39.0 Å². The van der Waals surface area contributed by atoms with Crippen molar-refractivity contribution in [2.24, 2.45) is 5.73 Å². The Kier molecular flexibility index (Phi) is 10.7. The third kappa shape index (κ3) is 10.8. The Hall–Kier alpha value is -1.89. The van der Waals surface area contributed by atoms with Gasteiger partial charge in [0, 0.05) is 12.5 Å². The van der Waals surface area contributed by atoms with Gasteiger partial charge >= 0.3 is 17.9 Å². The summed E-state index contributed by atoms with van der Waals surface area (Å²) in [4.78, 5) is 32.7. The average molecular weight is 315 g/mol. The Morgan fingerprint density at radius 3 is 2.50 bits per heavy atom. The maximum Gasteiger partial charge on any atom is 0.330 e. The third-order valence-electron chi connectivity index (χ3n) is 2.96. The number of hydrogen-bond donors (Lipinski definition) is 2. The van der Waals surface area contributed by atoms with Gasteiger partial charge in [0.1, 0.15) is 6.04 Å². The number of rotatable bonds is 12. The first-order valence-electron chi connectivity index (χ1n) is 7.33. The van der Waals surface area contributed by atoms with Crippen LogP contribution < -0.4 is 5.73 Å². The van der Waals surface area contributed by atoms with Crippen molar-refractivity contribution >= 4 is 17.9 Å². The zero-order chi connectivity index (χ0) is 17.0. The number of carboxylic acids is 1. The molecule has 0 saturated heterocycles. The molecule has 0 fully saturated rings. The highest BCUT2D eigenvalue weighted by molar-refractivity contribution is 5.81.